The second-order valence-corrected chi connectivity index (χ2v) is 11.0. The maximum Gasteiger partial charge on any atom is 0.175 e. The molecule has 162 valence electrons. The van der Waals surface area contributed by atoms with Crippen LogP contribution in [0.15, 0.2) is 35.2 Å². The largest absolute Gasteiger partial charge is 0.482 e. The van der Waals surface area contributed by atoms with Crippen LogP contribution in [0.25, 0.3) is 0 Å². The van der Waals surface area contributed by atoms with E-state index in [1.165, 1.54) is 12.1 Å². The molecule has 2 aromatic carbocycles. The van der Waals surface area contributed by atoms with Crippen molar-refractivity contribution < 1.29 is 13.2 Å². The predicted octanol–water partition coefficient (Wildman–Crippen LogP) is 4.39. The van der Waals surface area contributed by atoms with Gasteiger partial charge in [-0.05, 0) is 61.8 Å². The molecule has 2 aliphatic rings. The highest BCUT2D eigenvalue weighted by Crippen LogP contribution is 2.44. The summed E-state index contributed by atoms with van der Waals surface area (Å²) in [4.78, 5) is 2.58. The van der Waals surface area contributed by atoms with Crippen LogP contribution in [-0.4, -0.2) is 51.8 Å². The Bertz CT molecular complexity index is 1050. The van der Waals surface area contributed by atoms with E-state index in [0.29, 0.717) is 15.8 Å². The molecule has 2 aromatic rings. The van der Waals surface area contributed by atoms with Crippen LogP contribution in [0.4, 0.5) is 0 Å². The molecule has 1 saturated heterocycles. The zero-order valence-electron chi connectivity index (χ0n) is 16.5. The van der Waals surface area contributed by atoms with E-state index in [0.717, 1.165) is 56.4 Å². The number of nitrogens with one attached hydrogen (secondary N) is 1. The van der Waals surface area contributed by atoms with Gasteiger partial charge < -0.3 is 10.1 Å². The van der Waals surface area contributed by atoms with Crippen LogP contribution in [0.3, 0.4) is 0 Å². The van der Waals surface area contributed by atoms with E-state index in [2.05, 4.69) is 10.2 Å². The molecule has 0 saturated carbocycles. The molecule has 4 rings (SSSR count). The zero-order valence-corrected chi connectivity index (χ0v) is 19.6. The molecule has 30 heavy (non-hydrogen) atoms. The number of fused-ring (bicyclic) bond motifs is 1. The first kappa shape index (κ1) is 22.2. The van der Waals surface area contributed by atoms with Crippen LogP contribution in [0, 0.1) is 0 Å². The molecule has 0 bridgehead atoms. The van der Waals surface area contributed by atoms with Crippen molar-refractivity contribution in [1.29, 1.82) is 0 Å². The molecule has 0 amide bonds. The van der Waals surface area contributed by atoms with E-state index in [-0.39, 0.29) is 22.1 Å². The topological polar surface area (TPSA) is 58.6 Å². The summed E-state index contributed by atoms with van der Waals surface area (Å²) in [7, 11) is -3.35. The minimum atomic E-state index is -3.35. The van der Waals surface area contributed by atoms with Crippen molar-refractivity contribution in [1.82, 2.24) is 10.2 Å². The summed E-state index contributed by atoms with van der Waals surface area (Å²) in [5.41, 5.74) is 2.00. The number of hydrogen-bond acceptors (Lipinski definition) is 5. The van der Waals surface area contributed by atoms with Crippen LogP contribution in [0.5, 0.6) is 5.75 Å². The summed E-state index contributed by atoms with van der Waals surface area (Å²) in [5, 5.41) is 4.89. The maximum atomic E-state index is 11.8. The average Bonchev–Trinajstić information content (AvgIpc) is 2.85. The molecule has 1 N–H and O–H groups in total. The number of halogens is 3. The first-order valence-corrected chi connectivity index (χ1v) is 12.9. The lowest BCUT2D eigenvalue weighted by Gasteiger charge is -2.32. The van der Waals surface area contributed by atoms with Crippen molar-refractivity contribution in [2.24, 2.45) is 0 Å². The Kier molecular flexibility index (Phi) is 6.54. The lowest BCUT2D eigenvalue weighted by molar-refractivity contribution is 0.0821. The minimum absolute atomic E-state index is 0.0847. The molecule has 5 nitrogen and oxygen atoms in total. The van der Waals surface area contributed by atoms with Gasteiger partial charge in [0.05, 0.1) is 16.0 Å². The molecule has 1 fully saturated rings. The molecule has 0 unspecified atom stereocenters. The lowest BCUT2D eigenvalue weighted by Crippen LogP contribution is -2.42. The second kappa shape index (κ2) is 8.85. The van der Waals surface area contributed by atoms with E-state index in [1.807, 2.05) is 6.07 Å². The number of ether oxygens (including phenoxy) is 1. The molecule has 2 atom stereocenters. The van der Waals surface area contributed by atoms with Gasteiger partial charge in [0.25, 0.3) is 0 Å². The third-order valence-electron chi connectivity index (χ3n) is 5.69. The van der Waals surface area contributed by atoms with E-state index < -0.39 is 9.84 Å². The summed E-state index contributed by atoms with van der Waals surface area (Å²) < 4.78 is 30.1. The van der Waals surface area contributed by atoms with Gasteiger partial charge in [-0.15, -0.1) is 0 Å². The van der Waals surface area contributed by atoms with Crippen molar-refractivity contribution in [2.75, 3.05) is 32.4 Å². The van der Waals surface area contributed by atoms with Gasteiger partial charge in [-0.3, -0.25) is 4.90 Å². The summed E-state index contributed by atoms with van der Waals surface area (Å²) >= 11 is 19.2. The lowest BCUT2D eigenvalue weighted by atomic mass is 10.1. The Hall–Kier alpha value is -1.02. The van der Waals surface area contributed by atoms with E-state index in [1.54, 1.807) is 12.1 Å². The van der Waals surface area contributed by atoms with Crippen LogP contribution < -0.4 is 10.1 Å². The van der Waals surface area contributed by atoms with E-state index in [9.17, 15) is 8.42 Å². The maximum absolute atomic E-state index is 11.8. The third kappa shape index (κ3) is 4.59. The van der Waals surface area contributed by atoms with Crippen molar-refractivity contribution >= 4 is 44.6 Å². The highest BCUT2D eigenvalue weighted by Gasteiger charge is 2.40. The Morgan fingerprint density at radius 2 is 1.87 bits per heavy atom. The second-order valence-electron chi connectivity index (χ2n) is 7.77. The van der Waals surface area contributed by atoms with Crippen molar-refractivity contribution in [3.05, 3.63) is 56.5 Å². The quantitative estimate of drug-likeness (QED) is 0.690. The van der Waals surface area contributed by atoms with E-state index in [4.69, 9.17) is 39.5 Å². The summed E-state index contributed by atoms with van der Waals surface area (Å²) in [6.45, 7) is 3.77. The van der Waals surface area contributed by atoms with Crippen LogP contribution in [0.1, 0.15) is 23.7 Å². The molecular weight excluding hydrogens is 467 g/mol. The SMILES string of the molecule is CS(=O)(=O)c1ccc(O[C@@H]2c3cc(Cl)cc(Cl)c3C[C@H]2N2CCCNCC2)c(Cl)c1. The van der Waals surface area contributed by atoms with Crippen molar-refractivity contribution in [3.63, 3.8) is 0 Å². The molecule has 1 aliphatic heterocycles. The molecule has 9 heteroatoms. The van der Waals surface area contributed by atoms with Gasteiger partial charge in [0, 0.05) is 35.0 Å². The highest BCUT2D eigenvalue weighted by molar-refractivity contribution is 7.90. The summed E-state index contributed by atoms with van der Waals surface area (Å²) in [6, 6.07) is 8.31. The van der Waals surface area contributed by atoms with Crippen LogP contribution >= 0.6 is 34.8 Å². The first-order valence-electron chi connectivity index (χ1n) is 9.83. The normalized spacial score (nSPS) is 22.5. The Morgan fingerprint density at radius 1 is 1.07 bits per heavy atom. The molecule has 0 aromatic heterocycles. The average molecular weight is 490 g/mol. The number of hydrogen-bond donors (Lipinski definition) is 1. The van der Waals surface area contributed by atoms with Gasteiger partial charge in [-0.2, -0.15) is 0 Å². The van der Waals surface area contributed by atoms with Gasteiger partial charge in [-0.1, -0.05) is 34.8 Å². The summed E-state index contributed by atoms with van der Waals surface area (Å²) in [6.07, 6.45) is 2.66. The van der Waals surface area contributed by atoms with Gasteiger partial charge in [0.2, 0.25) is 0 Å². The van der Waals surface area contributed by atoms with Crippen LogP contribution in [-0.2, 0) is 16.3 Å². The number of nitrogens with zero attached hydrogens (tertiary/aromatic N) is 1. The Labute approximate surface area is 192 Å². The monoisotopic (exact) mass is 488 g/mol. The van der Waals surface area contributed by atoms with Gasteiger partial charge in [0.15, 0.2) is 9.84 Å². The number of rotatable bonds is 4. The van der Waals surface area contributed by atoms with Crippen molar-refractivity contribution in [2.45, 2.75) is 29.9 Å². The van der Waals surface area contributed by atoms with Crippen LogP contribution in [0.2, 0.25) is 15.1 Å². The van der Waals surface area contributed by atoms with Gasteiger partial charge in [0.1, 0.15) is 11.9 Å². The van der Waals surface area contributed by atoms with Gasteiger partial charge in [-0.25, -0.2) is 8.42 Å². The fourth-order valence-electron chi connectivity index (χ4n) is 4.22. The Balaban J connectivity index is 1.71. The first-order chi connectivity index (χ1) is 14.2. The molecular formula is C21H23Cl3N2O3S. The van der Waals surface area contributed by atoms with E-state index >= 15 is 0 Å². The molecule has 0 radical (unpaired) electrons. The fourth-order valence-corrected chi connectivity index (χ4v) is 5.74. The van der Waals surface area contributed by atoms with Gasteiger partial charge >= 0.3 is 0 Å². The molecule has 1 heterocycles. The summed E-state index contributed by atoms with van der Waals surface area (Å²) in [5.74, 6) is 0.441. The smallest absolute Gasteiger partial charge is 0.175 e. The zero-order chi connectivity index (χ0) is 21.5. The third-order valence-corrected chi connectivity index (χ3v) is 7.65. The highest BCUT2D eigenvalue weighted by atomic mass is 35.5. The fraction of sp³-hybridized carbons (Fsp3) is 0.429. The number of benzene rings is 2. The minimum Gasteiger partial charge on any atom is -0.482 e. The standard InChI is InChI=1S/C21H23Cl3N2O3S/c1-30(27,28)14-3-4-20(18(24)11-14)29-21-16-9-13(22)10-17(23)15(16)12-19(21)26-7-2-5-25-6-8-26/h3-4,9-11,19,21,25H,2,5-8,12H2,1H3/t19-,21-/m1/s1. The molecule has 0 spiro atoms. The number of sulfone groups is 1. The molecule has 1 aliphatic carbocycles. The Morgan fingerprint density at radius 3 is 2.60 bits per heavy atom. The van der Waals surface area contributed by atoms with Crippen molar-refractivity contribution in [3.8, 4) is 5.75 Å². The predicted molar refractivity (Wildman–Crippen MR) is 121 cm³/mol.